The van der Waals surface area contributed by atoms with Gasteiger partial charge in [0.2, 0.25) is 0 Å². The largest absolute Gasteiger partial charge is 0.497 e. The van der Waals surface area contributed by atoms with Crippen LogP contribution in [0.3, 0.4) is 0 Å². The number of pyridine rings is 1. The Morgan fingerprint density at radius 1 is 1.08 bits per heavy atom. The summed E-state index contributed by atoms with van der Waals surface area (Å²) in [5.41, 5.74) is 0.848. The van der Waals surface area contributed by atoms with Crippen molar-refractivity contribution in [1.82, 2.24) is 25.4 Å². The van der Waals surface area contributed by atoms with E-state index in [4.69, 9.17) is 14.1 Å². The number of furan rings is 1. The van der Waals surface area contributed by atoms with Crippen LogP contribution in [-0.4, -0.2) is 79.0 Å². The lowest BCUT2D eigenvalue weighted by molar-refractivity contribution is -0.125. The number of carbonyl (C=O) groups is 3. The average molecular weight is 519 g/mol. The number of nitrogens with zero attached hydrogens (tertiary/aromatic N) is 4. The molecule has 198 valence electrons. The molecule has 2 aromatic heterocycles. The molecule has 2 N–H and O–H groups in total. The van der Waals surface area contributed by atoms with Crippen LogP contribution in [0.2, 0.25) is 0 Å². The molecule has 2 fully saturated rings. The summed E-state index contributed by atoms with van der Waals surface area (Å²) in [6.45, 7) is 7.23. The van der Waals surface area contributed by atoms with Gasteiger partial charge in [-0.3, -0.25) is 19.8 Å². The van der Waals surface area contributed by atoms with Gasteiger partial charge in [0.1, 0.15) is 22.8 Å². The van der Waals surface area contributed by atoms with E-state index < -0.39 is 17.5 Å². The quantitative estimate of drug-likeness (QED) is 0.456. The van der Waals surface area contributed by atoms with Crippen LogP contribution < -0.4 is 20.3 Å². The van der Waals surface area contributed by atoms with Crippen LogP contribution in [0.5, 0.6) is 5.75 Å². The van der Waals surface area contributed by atoms with E-state index in [0.29, 0.717) is 29.0 Å². The van der Waals surface area contributed by atoms with Crippen molar-refractivity contribution < 1.29 is 23.5 Å². The van der Waals surface area contributed by atoms with Crippen molar-refractivity contribution in [2.45, 2.75) is 25.4 Å². The molecule has 3 aromatic rings. The van der Waals surface area contributed by atoms with E-state index in [0.717, 1.165) is 50.5 Å². The molecule has 1 atom stereocenters. The molecule has 0 bridgehead atoms. The van der Waals surface area contributed by atoms with E-state index in [1.165, 1.54) is 4.90 Å². The Morgan fingerprint density at radius 2 is 1.89 bits per heavy atom. The molecule has 2 saturated heterocycles. The second kappa shape index (κ2) is 9.32. The minimum atomic E-state index is -1.58. The number of hydrogen-bond acceptors (Lipinski definition) is 8. The van der Waals surface area contributed by atoms with Gasteiger partial charge in [0.25, 0.3) is 11.8 Å². The van der Waals surface area contributed by atoms with E-state index in [9.17, 15) is 14.4 Å². The second-order valence-electron chi connectivity index (χ2n) is 9.99. The number of hydrogen-bond donors (Lipinski definition) is 2. The summed E-state index contributed by atoms with van der Waals surface area (Å²) in [6.07, 6.45) is 1.14. The molecule has 0 saturated carbocycles. The summed E-state index contributed by atoms with van der Waals surface area (Å²) < 4.78 is 11.4. The fourth-order valence-corrected chi connectivity index (χ4v) is 5.55. The summed E-state index contributed by atoms with van der Waals surface area (Å²) in [6, 6.07) is 10.1. The number of fused-ring (bicyclic) bond motifs is 2. The predicted molar refractivity (Wildman–Crippen MR) is 139 cm³/mol. The molecule has 3 aliphatic rings. The Balaban J connectivity index is 1.29. The molecule has 11 nitrogen and oxygen atoms in total. The van der Waals surface area contributed by atoms with Gasteiger partial charge in [-0.05, 0) is 42.8 Å². The van der Waals surface area contributed by atoms with E-state index >= 15 is 0 Å². The van der Waals surface area contributed by atoms with E-state index in [1.807, 2.05) is 18.2 Å². The SMILES string of the molecule is CCCN1CCN(c2ccc3oc(C4(CN5Cc6ccc(OC)cc6C5=O)NC(=O)NC4=O)cc3n2)CC1. The number of aromatic nitrogens is 1. The maximum atomic E-state index is 13.2. The van der Waals surface area contributed by atoms with Gasteiger partial charge in [0.05, 0.1) is 13.7 Å². The zero-order chi connectivity index (χ0) is 26.4. The zero-order valence-electron chi connectivity index (χ0n) is 21.5. The highest BCUT2D eigenvalue weighted by Crippen LogP contribution is 2.35. The predicted octanol–water partition coefficient (Wildman–Crippen LogP) is 2.06. The number of amides is 4. The third-order valence-corrected chi connectivity index (χ3v) is 7.58. The molecule has 5 heterocycles. The zero-order valence-corrected chi connectivity index (χ0v) is 21.5. The molecule has 38 heavy (non-hydrogen) atoms. The molecule has 1 aromatic carbocycles. The fraction of sp³-hybridized carbons (Fsp3) is 0.407. The number of imide groups is 1. The lowest BCUT2D eigenvalue weighted by Crippen LogP contribution is -2.52. The summed E-state index contributed by atoms with van der Waals surface area (Å²) in [5, 5.41) is 5.05. The Kier molecular flexibility index (Phi) is 5.94. The van der Waals surface area contributed by atoms with Gasteiger partial charge in [0, 0.05) is 44.4 Å². The first-order valence-corrected chi connectivity index (χ1v) is 12.9. The van der Waals surface area contributed by atoms with Crippen molar-refractivity contribution in [2.75, 3.05) is 51.3 Å². The Bertz CT molecular complexity index is 1430. The van der Waals surface area contributed by atoms with Gasteiger partial charge in [-0.25, -0.2) is 9.78 Å². The molecule has 11 heteroatoms. The Hall–Kier alpha value is -4.12. The summed E-state index contributed by atoms with van der Waals surface area (Å²) in [7, 11) is 1.54. The van der Waals surface area contributed by atoms with Gasteiger partial charge in [-0.15, -0.1) is 0 Å². The van der Waals surface area contributed by atoms with Crippen LogP contribution in [0.25, 0.3) is 11.1 Å². The van der Waals surface area contributed by atoms with Crippen molar-refractivity contribution in [1.29, 1.82) is 0 Å². The standard InChI is InChI=1S/C27H30N6O5/c1-3-8-31-9-11-32(12-10-31)23-7-6-21-20(28-23)14-22(38-21)27(25(35)29-26(36)30-27)16-33-15-17-4-5-18(37-2)13-19(17)24(33)34/h4-7,13-14H,3,8-12,15-16H2,1-2H3,(H2,29,30,35,36). The monoisotopic (exact) mass is 518 g/mol. The second-order valence-corrected chi connectivity index (χ2v) is 9.99. The highest BCUT2D eigenvalue weighted by atomic mass is 16.5. The summed E-state index contributed by atoms with van der Waals surface area (Å²) in [5.74, 6) is 0.830. The number of carbonyl (C=O) groups excluding carboxylic acids is 3. The third-order valence-electron chi connectivity index (χ3n) is 7.58. The molecular formula is C27H30N6O5. The molecule has 3 aliphatic heterocycles. The van der Waals surface area contributed by atoms with Crippen molar-refractivity contribution in [2.24, 2.45) is 0 Å². The molecule has 4 amide bonds. The highest BCUT2D eigenvalue weighted by Gasteiger charge is 2.53. The van der Waals surface area contributed by atoms with Crippen LogP contribution in [0.4, 0.5) is 10.6 Å². The van der Waals surface area contributed by atoms with Crippen LogP contribution in [0, 0.1) is 0 Å². The topological polar surface area (TPSA) is 120 Å². The van der Waals surface area contributed by atoms with Gasteiger partial charge >= 0.3 is 6.03 Å². The maximum Gasteiger partial charge on any atom is 0.322 e. The number of ether oxygens (including phenoxy) is 1. The van der Waals surface area contributed by atoms with Gasteiger partial charge in [-0.2, -0.15) is 0 Å². The number of benzene rings is 1. The number of rotatable bonds is 7. The molecule has 1 unspecified atom stereocenters. The number of urea groups is 1. The smallest absolute Gasteiger partial charge is 0.322 e. The van der Waals surface area contributed by atoms with Gasteiger partial charge in [-0.1, -0.05) is 13.0 Å². The number of methoxy groups -OCH3 is 1. The normalized spacial score (nSPS) is 21.7. The van der Waals surface area contributed by atoms with Crippen LogP contribution in [-0.2, 0) is 16.9 Å². The van der Waals surface area contributed by atoms with E-state index in [-0.39, 0.29) is 18.2 Å². The van der Waals surface area contributed by atoms with Gasteiger partial charge < -0.3 is 24.3 Å². The van der Waals surface area contributed by atoms with Crippen LogP contribution in [0.1, 0.15) is 35.0 Å². The molecule has 0 radical (unpaired) electrons. The van der Waals surface area contributed by atoms with E-state index in [2.05, 4.69) is 27.4 Å². The van der Waals surface area contributed by atoms with Gasteiger partial charge in [0.15, 0.2) is 11.1 Å². The fourth-order valence-electron chi connectivity index (χ4n) is 5.55. The van der Waals surface area contributed by atoms with E-state index in [1.54, 1.807) is 25.3 Å². The highest BCUT2D eigenvalue weighted by molar-refractivity contribution is 6.08. The Morgan fingerprint density at radius 3 is 2.61 bits per heavy atom. The average Bonchev–Trinajstić information content (AvgIpc) is 3.57. The first-order chi connectivity index (χ1) is 18.4. The summed E-state index contributed by atoms with van der Waals surface area (Å²) >= 11 is 0. The molecule has 0 spiro atoms. The van der Waals surface area contributed by atoms with Crippen molar-refractivity contribution in [3.8, 4) is 5.75 Å². The molecular weight excluding hydrogens is 488 g/mol. The van der Waals surface area contributed by atoms with Crippen LogP contribution >= 0.6 is 0 Å². The third kappa shape index (κ3) is 4.03. The lowest BCUT2D eigenvalue weighted by Gasteiger charge is -2.35. The lowest BCUT2D eigenvalue weighted by atomic mass is 9.95. The number of piperazine rings is 1. The number of anilines is 1. The first kappa shape index (κ1) is 24.2. The summed E-state index contributed by atoms with van der Waals surface area (Å²) in [4.78, 5) is 49.8. The van der Waals surface area contributed by atoms with Crippen LogP contribution in [0.15, 0.2) is 40.8 Å². The van der Waals surface area contributed by atoms with Crippen molar-refractivity contribution in [3.05, 3.63) is 53.3 Å². The Labute approximate surface area is 219 Å². The molecule has 6 rings (SSSR count). The van der Waals surface area contributed by atoms with Crippen molar-refractivity contribution in [3.63, 3.8) is 0 Å². The molecule has 0 aliphatic carbocycles. The maximum absolute atomic E-state index is 13.2. The first-order valence-electron chi connectivity index (χ1n) is 12.9. The minimum Gasteiger partial charge on any atom is -0.497 e. The minimum absolute atomic E-state index is 0.0908. The van der Waals surface area contributed by atoms with Crippen molar-refractivity contribution >= 4 is 34.8 Å². The number of nitrogens with one attached hydrogen (secondary N) is 2.